The lowest BCUT2D eigenvalue weighted by Crippen LogP contribution is -2.06. The van der Waals surface area contributed by atoms with Crippen LogP contribution in [-0.2, 0) is 0 Å². The second kappa shape index (κ2) is 6.89. The van der Waals surface area contributed by atoms with Crippen LogP contribution in [0, 0.1) is 6.92 Å². The summed E-state index contributed by atoms with van der Waals surface area (Å²) >= 11 is 0. The fourth-order valence-electron chi connectivity index (χ4n) is 1.65. The standard InChI is InChI=1S/C13H20N2O2/c1-3-4-5-6-7-14-12-9-11(13(16)17)8-10(2)15-12/h8-9H,3-7H2,1-2H3,(H,14,15)(H,16,17). The van der Waals surface area contributed by atoms with Crippen molar-refractivity contribution in [3.05, 3.63) is 23.4 Å². The molecule has 0 aliphatic rings. The van der Waals surface area contributed by atoms with Crippen LogP contribution in [0.4, 0.5) is 5.82 Å². The lowest BCUT2D eigenvalue weighted by molar-refractivity contribution is 0.0696. The molecular weight excluding hydrogens is 216 g/mol. The Morgan fingerprint density at radius 3 is 2.76 bits per heavy atom. The smallest absolute Gasteiger partial charge is 0.335 e. The van der Waals surface area contributed by atoms with Crippen LogP contribution in [-0.4, -0.2) is 22.6 Å². The molecule has 4 nitrogen and oxygen atoms in total. The van der Waals surface area contributed by atoms with E-state index in [1.165, 1.54) is 19.3 Å². The van der Waals surface area contributed by atoms with Gasteiger partial charge in [0.05, 0.1) is 5.56 Å². The number of carboxylic acids is 1. The summed E-state index contributed by atoms with van der Waals surface area (Å²) in [5, 5.41) is 12.1. The van der Waals surface area contributed by atoms with Crippen LogP contribution in [0.25, 0.3) is 0 Å². The van der Waals surface area contributed by atoms with Crippen molar-refractivity contribution in [1.82, 2.24) is 4.98 Å². The first-order valence-corrected chi connectivity index (χ1v) is 6.09. The van der Waals surface area contributed by atoms with Crippen molar-refractivity contribution < 1.29 is 9.90 Å². The number of hydrogen-bond donors (Lipinski definition) is 2. The minimum atomic E-state index is -0.912. The van der Waals surface area contributed by atoms with Crippen LogP contribution in [0.1, 0.15) is 48.7 Å². The second-order valence-corrected chi connectivity index (χ2v) is 4.18. The van der Waals surface area contributed by atoms with Gasteiger partial charge in [-0.1, -0.05) is 26.2 Å². The first kappa shape index (κ1) is 13.5. The fraction of sp³-hybridized carbons (Fsp3) is 0.538. The second-order valence-electron chi connectivity index (χ2n) is 4.18. The Morgan fingerprint density at radius 2 is 2.12 bits per heavy atom. The largest absolute Gasteiger partial charge is 0.478 e. The zero-order valence-electron chi connectivity index (χ0n) is 10.5. The van der Waals surface area contributed by atoms with E-state index in [0.717, 1.165) is 18.7 Å². The molecule has 1 rings (SSSR count). The van der Waals surface area contributed by atoms with Gasteiger partial charge in [-0.2, -0.15) is 0 Å². The number of nitrogens with zero attached hydrogens (tertiary/aromatic N) is 1. The van der Waals surface area contributed by atoms with Crippen LogP contribution in [0.3, 0.4) is 0 Å². The van der Waals surface area contributed by atoms with E-state index in [4.69, 9.17) is 5.11 Å². The summed E-state index contributed by atoms with van der Waals surface area (Å²) in [7, 11) is 0. The molecule has 0 atom stereocenters. The number of unbranched alkanes of at least 4 members (excludes halogenated alkanes) is 3. The monoisotopic (exact) mass is 236 g/mol. The van der Waals surface area contributed by atoms with E-state index in [2.05, 4.69) is 17.2 Å². The lowest BCUT2D eigenvalue weighted by Gasteiger charge is -2.07. The van der Waals surface area contributed by atoms with E-state index >= 15 is 0 Å². The van der Waals surface area contributed by atoms with Crippen molar-refractivity contribution in [2.75, 3.05) is 11.9 Å². The van der Waals surface area contributed by atoms with Crippen molar-refractivity contribution in [2.45, 2.75) is 39.5 Å². The highest BCUT2D eigenvalue weighted by molar-refractivity contribution is 5.88. The number of carboxylic acid groups (broad SMARTS) is 1. The van der Waals surface area contributed by atoms with Gasteiger partial charge in [-0.25, -0.2) is 9.78 Å². The number of rotatable bonds is 7. The minimum absolute atomic E-state index is 0.286. The maximum absolute atomic E-state index is 10.9. The fourth-order valence-corrected chi connectivity index (χ4v) is 1.65. The van der Waals surface area contributed by atoms with Gasteiger partial charge in [0, 0.05) is 12.2 Å². The molecule has 0 saturated carbocycles. The molecule has 4 heteroatoms. The molecule has 1 aromatic heterocycles. The summed E-state index contributed by atoms with van der Waals surface area (Å²) in [5.74, 6) is -0.261. The zero-order chi connectivity index (χ0) is 12.7. The molecular formula is C13H20N2O2. The third-order valence-electron chi connectivity index (χ3n) is 2.54. The van der Waals surface area contributed by atoms with Crippen molar-refractivity contribution >= 4 is 11.8 Å². The Kier molecular flexibility index (Phi) is 5.46. The zero-order valence-corrected chi connectivity index (χ0v) is 10.5. The highest BCUT2D eigenvalue weighted by Crippen LogP contribution is 2.10. The van der Waals surface area contributed by atoms with Crippen molar-refractivity contribution in [3.63, 3.8) is 0 Å². The summed E-state index contributed by atoms with van der Waals surface area (Å²) in [4.78, 5) is 15.1. The predicted molar refractivity (Wildman–Crippen MR) is 68.6 cm³/mol. The molecule has 1 heterocycles. The topological polar surface area (TPSA) is 62.2 Å². The molecule has 0 radical (unpaired) electrons. The molecule has 0 spiro atoms. The SMILES string of the molecule is CCCCCCNc1cc(C(=O)O)cc(C)n1. The van der Waals surface area contributed by atoms with Crippen LogP contribution < -0.4 is 5.32 Å². The molecule has 94 valence electrons. The first-order chi connectivity index (χ1) is 8.13. The highest BCUT2D eigenvalue weighted by Gasteiger charge is 2.05. The van der Waals surface area contributed by atoms with Crippen LogP contribution in [0.15, 0.2) is 12.1 Å². The van der Waals surface area contributed by atoms with Crippen LogP contribution in [0.5, 0.6) is 0 Å². The average molecular weight is 236 g/mol. The maximum atomic E-state index is 10.9. The summed E-state index contributed by atoms with van der Waals surface area (Å²) < 4.78 is 0. The molecule has 0 bridgehead atoms. The molecule has 0 aromatic carbocycles. The summed E-state index contributed by atoms with van der Waals surface area (Å²) in [6.07, 6.45) is 4.74. The number of aromatic carboxylic acids is 1. The highest BCUT2D eigenvalue weighted by atomic mass is 16.4. The normalized spacial score (nSPS) is 10.2. The Labute approximate surface area is 102 Å². The number of nitrogens with one attached hydrogen (secondary N) is 1. The molecule has 17 heavy (non-hydrogen) atoms. The quantitative estimate of drug-likeness (QED) is 0.714. The minimum Gasteiger partial charge on any atom is -0.478 e. The van der Waals surface area contributed by atoms with Crippen LogP contribution >= 0.6 is 0 Å². The third-order valence-corrected chi connectivity index (χ3v) is 2.54. The van der Waals surface area contributed by atoms with Gasteiger partial charge in [-0.3, -0.25) is 0 Å². The Balaban J connectivity index is 2.50. The number of hydrogen-bond acceptors (Lipinski definition) is 3. The van der Waals surface area contributed by atoms with Gasteiger partial charge >= 0.3 is 5.97 Å². The van der Waals surface area contributed by atoms with E-state index in [1.807, 2.05) is 0 Å². The Hall–Kier alpha value is -1.58. The maximum Gasteiger partial charge on any atom is 0.335 e. The number of anilines is 1. The molecule has 0 unspecified atom stereocenters. The lowest BCUT2D eigenvalue weighted by atomic mass is 10.2. The molecule has 2 N–H and O–H groups in total. The number of pyridine rings is 1. The molecule has 0 amide bonds. The van der Waals surface area contributed by atoms with Gasteiger partial charge in [0.2, 0.25) is 0 Å². The molecule has 0 aliphatic carbocycles. The predicted octanol–water partition coefficient (Wildman–Crippen LogP) is 3.08. The van der Waals surface area contributed by atoms with E-state index < -0.39 is 5.97 Å². The van der Waals surface area contributed by atoms with Gasteiger partial charge in [-0.05, 0) is 25.5 Å². The average Bonchev–Trinajstić information content (AvgIpc) is 2.28. The van der Waals surface area contributed by atoms with E-state index in [-0.39, 0.29) is 5.56 Å². The summed E-state index contributed by atoms with van der Waals surface area (Å²) in [5.41, 5.74) is 1.01. The van der Waals surface area contributed by atoms with Gasteiger partial charge in [-0.15, -0.1) is 0 Å². The number of carbonyl (C=O) groups is 1. The van der Waals surface area contributed by atoms with Gasteiger partial charge in [0.1, 0.15) is 5.82 Å². The van der Waals surface area contributed by atoms with Gasteiger partial charge in [0.25, 0.3) is 0 Å². The summed E-state index contributed by atoms with van der Waals surface area (Å²) in [6.45, 7) is 4.82. The molecule has 1 aromatic rings. The van der Waals surface area contributed by atoms with Gasteiger partial charge in [0.15, 0.2) is 0 Å². The van der Waals surface area contributed by atoms with E-state index in [1.54, 1.807) is 19.1 Å². The molecule has 0 aliphatic heterocycles. The van der Waals surface area contributed by atoms with E-state index in [0.29, 0.717) is 5.82 Å². The van der Waals surface area contributed by atoms with Crippen molar-refractivity contribution in [1.29, 1.82) is 0 Å². The number of aromatic nitrogens is 1. The van der Waals surface area contributed by atoms with Crippen LogP contribution in [0.2, 0.25) is 0 Å². The van der Waals surface area contributed by atoms with E-state index in [9.17, 15) is 4.79 Å². The Bertz CT molecular complexity index is 378. The number of aryl methyl sites for hydroxylation is 1. The third kappa shape index (κ3) is 4.85. The van der Waals surface area contributed by atoms with Crippen molar-refractivity contribution in [2.24, 2.45) is 0 Å². The Morgan fingerprint density at radius 1 is 1.35 bits per heavy atom. The van der Waals surface area contributed by atoms with Crippen molar-refractivity contribution in [3.8, 4) is 0 Å². The molecule has 0 fully saturated rings. The molecule has 0 saturated heterocycles. The summed E-state index contributed by atoms with van der Waals surface area (Å²) in [6, 6.07) is 3.15. The first-order valence-electron chi connectivity index (χ1n) is 6.09. The van der Waals surface area contributed by atoms with Gasteiger partial charge < -0.3 is 10.4 Å².